The van der Waals surface area contributed by atoms with Gasteiger partial charge in [-0.1, -0.05) is 98.6 Å². The summed E-state index contributed by atoms with van der Waals surface area (Å²) < 4.78 is 5.82. The summed E-state index contributed by atoms with van der Waals surface area (Å²) in [5, 5.41) is 0. The zero-order valence-corrected chi connectivity index (χ0v) is 17.0. The van der Waals surface area contributed by atoms with Crippen molar-refractivity contribution in [2.75, 3.05) is 0 Å². The quantitative estimate of drug-likeness (QED) is 0.289. The Labute approximate surface area is 173 Å². The van der Waals surface area contributed by atoms with Crippen LogP contribution in [0, 0.1) is 0 Å². The minimum Gasteiger partial charge on any atom is -0.455 e. The van der Waals surface area contributed by atoms with Crippen molar-refractivity contribution in [3.63, 3.8) is 0 Å². The summed E-state index contributed by atoms with van der Waals surface area (Å²) in [5.74, 6) is -0.274. The molecule has 3 aromatic rings. The Hall–Kier alpha value is -3.13. The maximum absolute atomic E-state index is 12.7. The normalized spacial score (nSPS) is 12.0. The zero-order chi connectivity index (χ0) is 20.3. The highest BCUT2D eigenvalue weighted by Gasteiger charge is 2.14. The van der Waals surface area contributed by atoms with Crippen LogP contribution in [-0.2, 0) is 4.74 Å². The number of ether oxygens (including phenoxy) is 1. The van der Waals surface area contributed by atoms with Crippen LogP contribution < -0.4 is 0 Å². The molecule has 0 aliphatic heterocycles. The van der Waals surface area contributed by atoms with E-state index in [2.05, 4.69) is 19.1 Å². The molecule has 3 rings (SSSR count). The Bertz CT molecular complexity index is 896. The van der Waals surface area contributed by atoms with Gasteiger partial charge < -0.3 is 4.74 Å². The first-order chi connectivity index (χ1) is 14.3. The van der Waals surface area contributed by atoms with E-state index in [1.165, 1.54) is 0 Å². The van der Waals surface area contributed by atoms with Crippen molar-refractivity contribution < 1.29 is 9.53 Å². The number of rotatable bonds is 9. The summed E-state index contributed by atoms with van der Waals surface area (Å²) in [4.78, 5) is 12.7. The van der Waals surface area contributed by atoms with Gasteiger partial charge in [-0.05, 0) is 47.7 Å². The number of carbonyl (C=O) groups is 1. The average Bonchev–Trinajstić information content (AvgIpc) is 2.79. The molecule has 0 saturated carbocycles. The Morgan fingerprint density at radius 3 is 2.10 bits per heavy atom. The Balaban J connectivity index is 1.67. The maximum Gasteiger partial charge on any atom is 0.338 e. The van der Waals surface area contributed by atoms with Gasteiger partial charge in [0.15, 0.2) is 0 Å². The summed E-state index contributed by atoms with van der Waals surface area (Å²) in [6.07, 6.45) is 7.97. The lowest BCUT2D eigenvalue weighted by Crippen LogP contribution is -2.16. The first kappa shape index (κ1) is 20.6. The molecule has 2 heteroatoms. The molecule has 1 atom stereocenters. The van der Waals surface area contributed by atoms with Crippen molar-refractivity contribution in [3.05, 3.63) is 102 Å². The average molecular weight is 385 g/mol. The molecular formula is C27H28O2. The van der Waals surface area contributed by atoms with Crippen molar-refractivity contribution in [2.45, 2.75) is 38.7 Å². The van der Waals surface area contributed by atoms with Gasteiger partial charge in [-0.25, -0.2) is 4.79 Å². The molecule has 29 heavy (non-hydrogen) atoms. The summed E-state index contributed by atoms with van der Waals surface area (Å²) in [6, 6.07) is 27.9. The molecule has 0 aliphatic carbocycles. The van der Waals surface area contributed by atoms with E-state index in [0.717, 1.165) is 42.4 Å². The summed E-state index contributed by atoms with van der Waals surface area (Å²) >= 11 is 0. The molecule has 0 heterocycles. The fraction of sp³-hybridized carbons (Fsp3) is 0.222. The van der Waals surface area contributed by atoms with Crippen LogP contribution in [0.2, 0.25) is 0 Å². The van der Waals surface area contributed by atoms with Gasteiger partial charge >= 0.3 is 5.97 Å². The second-order valence-corrected chi connectivity index (χ2v) is 7.15. The molecule has 0 amide bonds. The van der Waals surface area contributed by atoms with Crippen LogP contribution in [-0.4, -0.2) is 12.1 Å². The van der Waals surface area contributed by atoms with E-state index >= 15 is 0 Å². The SMILES string of the molecule is CCCCC[C@@H](/C=C/c1ccccc1)OC(=O)c1ccc(-c2ccccc2)cc1. The monoisotopic (exact) mass is 384 g/mol. The molecule has 148 valence electrons. The van der Waals surface area contributed by atoms with Gasteiger partial charge in [0.25, 0.3) is 0 Å². The number of hydrogen-bond acceptors (Lipinski definition) is 2. The first-order valence-corrected chi connectivity index (χ1v) is 10.4. The van der Waals surface area contributed by atoms with Gasteiger partial charge in [-0.15, -0.1) is 0 Å². The highest BCUT2D eigenvalue weighted by Crippen LogP contribution is 2.20. The Kier molecular flexibility index (Phi) is 7.82. The van der Waals surface area contributed by atoms with Crippen LogP contribution >= 0.6 is 0 Å². The molecule has 0 radical (unpaired) electrons. The van der Waals surface area contributed by atoms with Gasteiger partial charge in [0.05, 0.1) is 5.56 Å². The zero-order valence-electron chi connectivity index (χ0n) is 17.0. The molecule has 0 aliphatic rings. The van der Waals surface area contributed by atoms with E-state index < -0.39 is 0 Å². The lowest BCUT2D eigenvalue weighted by molar-refractivity contribution is 0.0377. The second kappa shape index (κ2) is 11.0. The van der Waals surface area contributed by atoms with Crippen molar-refractivity contribution in [3.8, 4) is 11.1 Å². The van der Waals surface area contributed by atoms with E-state index in [4.69, 9.17) is 4.74 Å². The lowest BCUT2D eigenvalue weighted by Gasteiger charge is -2.15. The van der Waals surface area contributed by atoms with Crippen LogP contribution in [0.25, 0.3) is 17.2 Å². The number of esters is 1. The number of benzene rings is 3. The predicted molar refractivity (Wildman–Crippen MR) is 121 cm³/mol. The molecule has 0 fully saturated rings. The van der Waals surface area contributed by atoms with Crippen LogP contribution in [0.4, 0.5) is 0 Å². The van der Waals surface area contributed by atoms with E-state index in [1.807, 2.05) is 84.9 Å². The van der Waals surface area contributed by atoms with E-state index in [1.54, 1.807) is 0 Å². The molecule has 0 saturated heterocycles. The standard InChI is InChI=1S/C27H28O2/c1-2-3-6-15-26(21-16-22-11-7-4-8-12-22)29-27(28)25-19-17-24(18-20-25)23-13-9-5-10-14-23/h4-5,7-14,16-21,26H,2-3,6,15H2,1H3/b21-16+/t26-/m0/s1. The van der Waals surface area contributed by atoms with Gasteiger partial charge in [0.2, 0.25) is 0 Å². The Morgan fingerprint density at radius 1 is 0.828 bits per heavy atom. The molecule has 0 spiro atoms. The molecule has 0 unspecified atom stereocenters. The highest BCUT2D eigenvalue weighted by atomic mass is 16.5. The van der Waals surface area contributed by atoms with E-state index in [0.29, 0.717) is 5.56 Å². The molecule has 2 nitrogen and oxygen atoms in total. The lowest BCUT2D eigenvalue weighted by atomic mass is 10.0. The van der Waals surface area contributed by atoms with E-state index in [-0.39, 0.29) is 12.1 Å². The second-order valence-electron chi connectivity index (χ2n) is 7.15. The highest BCUT2D eigenvalue weighted by molar-refractivity contribution is 5.90. The van der Waals surface area contributed by atoms with Gasteiger partial charge in [-0.3, -0.25) is 0 Å². The number of carbonyl (C=O) groups excluding carboxylic acids is 1. The first-order valence-electron chi connectivity index (χ1n) is 10.4. The minimum atomic E-state index is -0.274. The fourth-order valence-electron chi connectivity index (χ4n) is 3.21. The minimum absolute atomic E-state index is 0.219. The maximum atomic E-state index is 12.7. The largest absolute Gasteiger partial charge is 0.455 e. The van der Waals surface area contributed by atoms with Crippen LogP contribution in [0.5, 0.6) is 0 Å². The van der Waals surface area contributed by atoms with Crippen LogP contribution in [0.15, 0.2) is 91.0 Å². The van der Waals surface area contributed by atoms with E-state index in [9.17, 15) is 4.79 Å². The van der Waals surface area contributed by atoms with Crippen molar-refractivity contribution in [1.82, 2.24) is 0 Å². The van der Waals surface area contributed by atoms with Gasteiger partial charge in [0, 0.05) is 0 Å². The molecule has 0 bridgehead atoms. The topological polar surface area (TPSA) is 26.3 Å². The van der Waals surface area contributed by atoms with Crippen molar-refractivity contribution in [1.29, 1.82) is 0 Å². The fourth-order valence-corrected chi connectivity index (χ4v) is 3.21. The number of unbranched alkanes of at least 4 members (excludes halogenated alkanes) is 2. The molecular weight excluding hydrogens is 356 g/mol. The third-order valence-electron chi connectivity index (χ3n) is 4.88. The van der Waals surface area contributed by atoms with Gasteiger partial charge in [0.1, 0.15) is 6.10 Å². The summed E-state index contributed by atoms with van der Waals surface area (Å²) in [7, 11) is 0. The van der Waals surface area contributed by atoms with Crippen LogP contribution in [0.1, 0.15) is 48.5 Å². The smallest absolute Gasteiger partial charge is 0.338 e. The molecule has 0 N–H and O–H groups in total. The number of hydrogen-bond donors (Lipinski definition) is 0. The van der Waals surface area contributed by atoms with Gasteiger partial charge in [-0.2, -0.15) is 0 Å². The summed E-state index contributed by atoms with van der Waals surface area (Å²) in [5.41, 5.74) is 3.91. The third kappa shape index (κ3) is 6.46. The Morgan fingerprint density at radius 2 is 1.45 bits per heavy atom. The molecule has 0 aromatic heterocycles. The van der Waals surface area contributed by atoms with Crippen molar-refractivity contribution >= 4 is 12.0 Å². The van der Waals surface area contributed by atoms with Crippen molar-refractivity contribution in [2.24, 2.45) is 0 Å². The van der Waals surface area contributed by atoms with Crippen LogP contribution in [0.3, 0.4) is 0 Å². The summed E-state index contributed by atoms with van der Waals surface area (Å²) in [6.45, 7) is 2.18. The predicted octanol–water partition coefficient (Wildman–Crippen LogP) is 7.17. The third-order valence-corrected chi connectivity index (χ3v) is 4.88. The molecule has 3 aromatic carbocycles.